The molecule has 6 nitrogen and oxygen atoms in total. The number of aromatic amines is 1. The summed E-state index contributed by atoms with van der Waals surface area (Å²) in [6.07, 6.45) is 1.56. The average Bonchev–Trinajstić information content (AvgIpc) is 2.88. The summed E-state index contributed by atoms with van der Waals surface area (Å²) in [4.78, 5) is 17.6. The highest BCUT2D eigenvalue weighted by molar-refractivity contribution is 5.74. The highest BCUT2D eigenvalue weighted by Gasteiger charge is 2.17. The van der Waals surface area contributed by atoms with E-state index in [1.54, 1.807) is 6.20 Å². The van der Waals surface area contributed by atoms with E-state index >= 15 is 0 Å². The predicted molar refractivity (Wildman–Crippen MR) is 69.8 cm³/mol. The van der Waals surface area contributed by atoms with Crippen LogP contribution < -0.4 is 10.5 Å². The van der Waals surface area contributed by atoms with Crippen LogP contribution in [-0.4, -0.2) is 27.7 Å². The average molecular weight is 261 g/mol. The number of carboxylic acid groups (broad SMARTS) is 1. The Balaban J connectivity index is 2.20. The molecule has 19 heavy (non-hydrogen) atoms. The Bertz CT molecular complexity index is 563. The first-order chi connectivity index (χ1) is 9.11. The number of H-pyrrole nitrogens is 1. The van der Waals surface area contributed by atoms with Crippen molar-refractivity contribution in [2.45, 2.75) is 13.0 Å². The second-order valence-corrected chi connectivity index (χ2v) is 3.96. The molecule has 0 spiro atoms. The molecule has 1 aromatic heterocycles. The van der Waals surface area contributed by atoms with Crippen molar-refractivity contribution in [3.8, 4) is 17.0 Å². The third kappa shape index (κ3) is 2.92. The first-order valence-corrected chi connectivity index (χ1v) is 5.88. The van der Waals surface area contributed by atoms with Gasteiger partial charge in [0.2, 0.25) is 0 Å². The Morgan fingerprint density at radius 3 is 2.74 bits per heavy atom. The van der Waals surface area contributed by atoms with E-state index in [2.05, 4.69) is 9.97 Å². The summed E-state index contributed by atoms with van der Waals surface area (Å²) < 4.78 is 5.35. The van der Waals surface area contributed by atoms with E-state index in [1.807, 2.05) is 31.2 Å². The Morgan fingerprint density at radius 1 is 1.47 bits per heavy atom. The number of aliphatic carboxylic acids is 1. The largest absolute Gasteiger partial charge is 0.494 e. The van der Waals surface area contributed by atoms with Gasteiger partial charge >= 0.3 is 5.97 Å². The third-order valence-corrected chi connectivity index (χ3v) is 2.63. The molecule has 0 saturated carbocycles. The second-order valence-electron chi connectivity index (χ2n) is 3.96. The molecular weight excluding hydrogens is 246 g/mol. The molecule has 1 atom stereocenters. The summed E-state index contributed by atoms with van der Waals surface area (Å²) in [6.45, 7) is 2.53. The number of nitrogens with one attached hydrogen (secondary N) is 1. The van der Waals surface area contributed by atoms with Gasteiger partial charge in [-0.1, -0.05) is 0 Å². The molecule has 0 amide bonds. The number of nitrogens with zero attached hydrogens (tertiary/aromatic N) is 1. The maximum absolute atomic E-state index is 10.8. The van der Waals surface area contributed by atoms with E-state index < -0.39 is 12.0 Å². The maximum atomic E-state index is 10.8. The number of imidazole rings is 1. The fraction of sp³-hybridized carbons (Fsp3) is 0.231. The predicted octanol–water partition coefficient (Wildman–Crippen LogP) is 1.56. The van der Waals surface area contributed by atoms with Crippen molar-refractivity contribution in [3.63, 3.8) is 0 Å². The lowest BCUT2D eigenvalue weighted by Crippen LogP contribution is -2.21. The molecule has 1 aromatic carbocycles. The number of aromatic nitrogens is 2. The zero-order valence-corrected chi connectivity index (χ0v) is 10.5. The van der Waals surface area contributed by atoms with Gasteiger partial charge in [-0.3, -0.25) is 4.79 Å². The molecule has 4 N–H and O–H groups in total. The number of carboxylic acids is 1. The van der Waals surface area contributed by atoms with Crippen LogP contribution in [0.25, 0.3) is 11.3 Å². The highest BCUT2D eigenvalue weighted by atomic mass is 16.5. The summed E-state index contributed by atoms with van der Waals surface area (Å²) in [7, 11) is 0. The SMILES string of the molecule is CCOc1ccc(-c2cnc(C(N)C(=O)O)[nH]2)cc1. The number of ether oxygens (including phenoxy) is 1. The van der Waals surface area contributed by atoms with Crippen molar-refractivity contribution in [2.24, 2.45) is 5.73 Å². The molecule has 1 unspecified atom stereocenters. The molecule has 0 radical (unpaired) electrons. The molecule has 0 aliphatic rings. The lowest BCUT2D eigenvalue weighted by Gasteiger charge is -2.04. The standard InChI is InChI=1S/C13H15N3O3/c1-2-19-9-5-3-8(4-6-9)10-7-15-12(16-10)11(14)13(17)18/h3-7,11H,2,14H2,1H3,(H,15,16)(H,17,18). The van der Waals surface area contributed by atoms with Gasteiger partial charge in [0.25, 0.3) is 0 Å². The molecule has 0 bridgehead atoms. The monoisotopic (exact) mass is 261 g/mol. The Morgan fingerprint density at radius 2 is 2.16 bits per heavy atom. The summed E-state index contributed by atoms with van der Waals surface area (Å²) in [5.41, 5.74) is 7.09. The lowest BCUT2D eigenvalue weighted by atomic mass is 10.1. The summed E-state index contributed by atoms with van der Waals surface area (Å²) in [5, 5.41) is 8.81. The minimum Gasteiger partial charge on any atom is -0.494 e. The van der Waals surface area contributed by atoms with Gasteiger partial charge in [0, 0.05) is 0 Å². The van der Waals surface area contributed by atoms with Crippen LogP contribution >= 0.6 is 0 Å². The molecule has 0 aliphatic carbocycles. The van der Waals surface area contributed by atoms with E-state index in [-0.39, 0.29) is 5.82 Å². The van der Waals surface area contributed by atoms with Crippen molar-refractivity contribution in [3.05, 3.63) is 36.3 Å². The van der Waals surface area contributed by atoms with Crippen molar-refractivity contribution in [1.82, 2.24) is 9.97 Å². The molecule has 2 rings (SSSR count). The molecule has 0 fully saturated rings. The van der Waals surface area contributed by atoms with Crippen molar-refractivity contribution in [1.29, 1.82) is 0 Å². The molecule has 2 aromatic rings. The van der Waals surface area contributed by atoms with Gasteiger partial charge in [0.1, 0.15) is 11.6 Å². The normalized spacial score (nSPS) is 12.1. The fourth-order valence-electron chi connectivity index (χ4n) is 1.66. The van der Waals surface area contributed by atoms with Gasteiger partial charge in [-0.2, -0.15) is 0 Å². The number of hydrogen-bond acceptors (Lipinski definition) is 4. The number of nitrogens with two attached hydrogens (primary N) is 1. The van der Waals surface area contributed by atoms with E-state index in [0.717, 1.165) is 17.0 Å². The van der Waals surface area contributed by atoms with Crippen LogP contribution in [0.4, 0.5) is 0 Å². The van der Waals surface area contributed by atoms with Gasteiger partial charge in [0.15, 0.2) is 6.04 Å². The van der Waals surface area contributed by atoms with Crippen LogP contribution in [0.15, 0.2) is 30.5 Å². The smallest absolute Gasteiger partial charge is 0.328 e. The molecule has 6 heteroatoms. The number of benzene rings is 1. The van der Waals surface area contributed by atoms with Crippen molar-refractivity contribution >= 4 is 5.97 Å². The van der Waals surface area contributed by atoms with Crippen LogP contribution in [0.2, 0.25) is 0 Å². The maximum Gasteiger partial charge on any atom is 0.328 e. The van der Waals surface area contributed by atoms with E-state index in [1.165, 1.54) is 0 Å². The third-order valence-electron chi connectivity index (χ3n) is 2.63. The first kappa shape index (κ1) is 13.1. The molecule has 0 saturated heterocycles. The Kier molecular flexibility index (Phi) is 3.82. The quantitative estimate of drug-likeness (QED) is 0.758. The van der Waals surface area contributed by atoms with Gasteiger partial charge < -0.3 is 20.6 Å². The minimum absolute atomic E-state index is 0.233. The van der Waals surface area contributed by atoms with Crippen LogP contribution in [-0.2, 0) is 4.79 Å². The van der Waals surface area contributed by atoms with Crippen LogP contribution in [0.5, 0.6) is 5.75 Å². The molecule has 100 valence electrons. The van der Waals surface area contributed by atoms with Gasteiger partial charge in [-0.25, -0.2) is 4.98 Å². The fourth-order valence-corrected chi connectivity index (χ4v) is 1.66. The Hall–Kier alpha value is -2.34. The summed E-state index contributed by atoms with van der Waals surface area (Å²) in [6, 6.07) is 6.28. The topological polar surface area (TPSA) is 101 Å². The van der Waals surface area contributed by atoms with Gasteiger partial charge in [-0.05, 0) is 36.8 Å². The lowest BCUT2D eigenvalue weighted by molar-refractivity contribution is -0.138. The van der Waals surface area contributed by atoms with Crippen LogP contribution in [0.1, 0.15) is 18.8 Å². The number of hydrogen-bond donors (Lipinski definition) is 3. The summed E-state index contributed by atoms with van der Waals surface area (Å²) in [5.74, 6) is -0.0998. The zero-order valence-electron chi connectivity index (χ0n) is 10.5. The minimum atomic E-state index is -1.14. The molecule has 0 aliphatic heterocycles. The second kappa shape index (κ2) is 5.53. The van der Waals surface area contributed by atoms with E-state index in [9.17, 15) is 4.79 Å². The zero-order chi connectivity index (χ0) is 13.8. The molecular formula is C13H15N3O3. The van der Waals surface area contributed by atoms with Crippen molar-refractivity contribution in [2.75, 3.05) is 6.61 Å². The van der Waals surface area contributed by atoms with Crippen LogP contribution in [0, 0.1) is 0 Å². The highest BCUT2D eigenvalue weighted by Crippen LogP contribution is 2.21. The molecule has 1 heterocycles. The summed E-state index contributed by atoms with van der Waals surface area (Å²) >= 11 is 0. The first-order valence-electron chi connectivity index (χ1n) is 5.88. The van der Waals surface area contributed by atoms with Crippen LogP contribution in [0.3, 0.4) is 0 Å². The number of rotatable bonds is 5. The van der Waals surface area contributed by atoms with Crippen molar-refractivity contribution < 1.29 is 14.6 Å². The number of carbonyl (C=O) groups is 1. The van der Waals surface area contributed by atoms with E-state index in [4.69, 9.17) is 15.6 Å². The van der Waals surface area contributed by atoms with Gasteiger partial charge in [-0.15, -0.1) is 0 Å². The van der Waals surface area contributed by atoms with Gasteiger partial charge in [0.05, 0.1) is 18.5 Å². The van der Waals surface area contributed by atoms with E-state index in [0.29, 0.717) is 6.61 Å². The Labute approximate surface area is 110 Å².